The van der Waals surface area contributed by atoms with Crippen LogP contribution >= 0.6 is 11.6 Å². The molecule has 0 fully saturated rings. The Bertz CT molecular complexity index is 505. The summed E-state index contributed by atoms with van der Waals surface area (Å²) in [5.74, 6) is -1.33. The molecule has 0 heterocycles. The lowest BCUT2D eigenvalue weighted by Gasteiger charge is -2.00. The van der Waals surface area contributed by atoms with Crippen molar-refractivity contribution in [3.8, 4) is 0 Å². The van der Waals surface area contributed by atoms with Gasteiger partial charge in [0.25, 0.3) is 0 Å². The molecule has 1 aromatic carbocycles. The van der Waals surface area contributed by atoms with Crippen molar-refractivity contribution in [3.63, 3.8) is 0 Å². The van der Waals surface area contributed by atoms with Gasteiger partial charge in [-0.05, 0) is 12.1 Å². The van der Waals surface area contributed by atoms with E-state index in [1.807, 2.05) is 0 Å². The molecule has 0 saturated carbocycles. The van der Waals surface area contributed by atoms with Gasteiger partial charge in [0.15, 0.2) is 0 Å². The van der Waals surface area contributed by atoms with E-state index < -0.39 is 15.8 Å². The monoisotopic (exact) mass is 246 g/mol. The van der Waals surface area contributed by atoms with Gasteiger partial charge in [-0.1, -0.05) is 23.7 Å². The Hall–Kier alpha value is -1.33. The first kappa shape index (κ1) is 11.7. The molecule has 0 bridgehead atoms. The normalized spacial score (nSPS) is 11.8. The number of carboxylic acids is 1. The third-order valence-corrected chi connectivity index (χ3v) is 3.44. The average Bonchev–Trinajstić information content (AvgIpc) is 2.15. The van der Waals surface area contributed by atoms with E-state index >= 15 is 0 Å². The van der Waals surface area contributed by atoms with Crippen molar-refractivity contribution in [2.24, 2.45) is 0 Å². The molecule has 0 aliphatic carbocycles. The second-order valence-electron chi connectivity index (χ2n) is 2.62. The molecule has 80 valence electrons. The molecule has 0 aromatic heterocycles. The van der Waals surface area contributed by atoms with Gasteiger partial charge in [0.05, 0.1) is 9.92 Å². The van der Waals surface area contributed by atoms with Crippen LogP contribution in [0, 0.1) is 0 Å². The predicted molar refractivity (Wildman–Crippen MR) is 55.4 cm³/mol. The second kappa shape index (κ2) is 4.46. The topological polar surface area (TPSA) is 71.4 Å². The molecule has 0 amide bonds. The summed E-state index contributed by atoms with van der Waals surface area (Å²) in [6, 6.07) is 5.82. The molecule has 0 saturated heterocycles. The van der Waals surface area contributed by atoms with E-state index in [1.54, 1.807) is 6.07 Å². The van der Waals surface area contributed by atoms with E-state index in [1.165, 1.54) is 18.2 Å². The van der Waals surface area contributed by atoms with Gasteiger partial charge < -0.3 is 5.11 Å². The summed E-state index contributed by atoms with van der Waals surface area (Å²) in [6.45, 7) is 0. The number of halogens is 1. The van der Waals surface area contributed by atoms with Crippen molar-refractivity contribution in [3.05, 3.63) is 40.8 Å². The zero-order valence-corrected chi connectivity index (χ0v) is 8.99. The van der Waals surface area contributed by atoms with Crippen LogP contribution in [0.3, 0.4) is 0 Å². The first-order valence-electron chi connectivity index (χ1n) is 3.84. The summed E-state index contributed by atoms with van der Waals surface area (Å²) >= 11 is 5.66. The van der Waals surface area contributed by atoms with Gasteiger partial charge >= 0.3 is 5.97 Å². The molecule has 0 spiro atoms. The zero-order chi connectivity index (χ0) is 11.5. The maximum Gasteiger partial charge on any atom is 0.329 e. The molecule has 1 aromatic rings. The summed E-state index contributed by atoms with van der Waals surface area (Å²) < 4.78 is 23.0. The van der Waals surface area contributed by atoms with Crippen molar-refractivity contribution in [1.82, 2.24) is 0 Å². The Morgan fingerprint density at radius 2 is 1.93 bits per heavy atom. The third-order valence-electron chi connectivity index (χ3n) is 1.53. The second-order valence-corrected chi connectivity index (χ2v) is 4.83. The number of carboxylic acid groups (broad SMARTS) is 1. The van der Waals surface area contributed by atoms with Gasteiger partial charge in [-0.2, -0.15) is 0 Å². The smallest absolute Gasteiger partial charge is 0.329 e. The van der Waals surface area contributed by atoms with Crippen LogP contribution in [0.25, 0.3) is 0 Å². The zero-order valence-electron chi connectivity index (χ0n) is 7.42. The minimum absolute atomic E-state index is 0.0625. The van der Waals surface area contributed by atoms with Crippen molar-refractivity contribution in [2.45, 2.75) is 4.90 Å². The molecule has 0 aliphatic rings. The number of benzene rings is 1. The van der Waals surface area contributed by atoms with E-state index in [2.05, 4.69) is 0 Å². The molecule has 0 aliphatic heterocycles. The highest BCUT2D eigenvalue weighted by molar-refractivity contribution is 7.94. The Balaban J connectivity index is 3.19. The molecule has 4 nitrogen and oxygen atoms in total. The molecule has 15 heavy (non-hydrogen) atoms. The molecule has 0 radical (unpaired) electrons. The van der Waals surface area contributed by atoms with Crippen LogP contribution in [0.15, 0.2) is 40.6 Å². The predicted octanol–water partition coefficient (Wildman–Crippen LogP) is 1.71. The van der Waals surface area contributed by atoms with Gasteiger partial charge in [-0.25, -0.2) is 13.2 Å². The van der Waals surface area contributed by atoms with Crippen LogP contribution in [0.1, 0.15) is 0 Å². The largest absolute Gasteiger partial charge is 0.478 e. The van der Waals surface area contributed by atoms with E-state index in [4.69, 9.17) is 16.7 Å². The van der Waals surface area contributed by atoms with E-state index in [9.17, 15) is 13.2 Å². The number of hydrogen-bond acceptors (Lipinski definition) is 3. The lowest BCUT2D eigenvalue weighted by Crippen LogP contribution is -1.98. The highest BCUT2D eigenvalue weighted by Gasteiger charge is 2.14. The van der Waals surface area contributed by atoms with E-state index in [0.29, 0.717) is 11.5 Å². The quantitative estimate of drug-likeness (QED) is 0.825. The molecular weight excluding hydrogens is 240 g/mol. The van der Waals surface area contributed by atoms with Gasteiger partial charge in [-0.15, -0.1) is 0 Å². The van der Waals surface area contributed by atoms with E-state index in [-0.39, 0.29) is 9.92 Å². The fourth-order valence-corrected chi connectivity index (χ4v) is 2.41. The summed E-state index contributed by atoms with van der Waals surface area (Å²) in [7, 11) is -3.78. The van der Waals surface area contributed by atoms with Crippen LogP contribution in [0.2, 0.25) is 5.02 Å². The van der Waals surface area contributed by atoms with Crippen LogP contribution < -0.4 is 0 Å². The molecule has 1 rings (SSSR count). The van der Waals surface area contributed by atoms with Crippen LogP contribution in [0.4, 0.5) is 0 Å². The standard InChI is InChI=1S/C9H7ClO4S/c10-7-3-1-2-4-8(7)15(13,14)6-5-9(11)12/h1-6H,(H,11,12)/b6-5+. The first-order valence-corrected chi connectivity index (χ1v) is 5.76. The van der Waals surface area contributed by atoms with Crippen LogP contribution in [-0.4, -0.2) is 19.5 Å². The molecule has 0 atom stereocenters. The Kier molecular flexibility index (Phi) is 3.49. The number of aliphatic carboxylic acids is 1. The Labute approximate surface area is 91.7 Å². The van der Waals surface area contributed by atoms with Crippen molar-refractivity contribution in [1.29, 1.82) is 0 Å². The van der Waals surface area contributed by atoms with E-state index in [0.717, 1.165) is 0 Å². The summed E-state index contributed by atoms with van der Waals surface area (Å²) in [6.07, 6.45) is 0.554. The first-order chi connectivity index (χ1) is 6.93. The minimum Gasteiger partial charge on any atom is -0.478 e. The molecule has 1 N–H and O–H groups in total. The number of rotatable bonds is 3. The third kappa shape index (κ3) is 3.07. The maximum absolute atomic E-state index is 11.5. The van der Waals surface area contributed by atoms with Crippen LogP contribution in [-0.2, 0) is 14.6 Å². The van der Waals surface area contributed by atoms with Gasteiger partial charge in [-0.3, -0.25) is 0 Å². The number of carbonyl (C=O) groups is 1. The fourth-order valence-electron chi connectivity index (χ4n) is 0.897. The highest BCUT2D eigenvalue weighted by Crippen LogP contribution is 2.22. The summed E-state index contributed by atoms with van der Waals surface area (Å²) in [5, 5.41) is 8.98. The minimum atomic E-state index is -3.78. The lowest BCUT2D eigenvalue weighted by atomic mass is 10.4. The van der Waals surface area contributed by atoms with Crippen molar-refractivity contribution < 1.29 is 18.3 Å². The van der Waals surface area contributed by atoms with Crippen molar-refractivity contribution >= 4 is 27.4 Å². The van der Waals surface area contributed by atoms with Gasteiger partial charge in [0.2, 0.25) is 9.84 Å². The lowest BCUT2D eigenvalue weighted by molar-refractivity contribution is -0.131. The average molecular weight is 247 g/mol. The highest BCUT2D eigenvalue weighted by atomic mass is 35.5. The molecule has 6 heteroatoms. The van der Waals surface area contributed by atoms with Crippen LogP contribution in [0.5, 0.6) is 0 Å². The summed E-state index contributed by atoms with van der Waals surface area (Å²) in [4.78, 5) is 10.1. The van der Waals surface area contributed by atoms with Crippen molar-refractivity contribution in [2.75, 3.05) is 0 Å². The summed E-state index contributed by atoms with van der Waals surface area (Å²) in [5.41, 5.74) is 0. The maximum atomic E-state index is 11.5. The SMILES string of the molecule is O=C(O)/C=C/S(=O)(=O)c1ccccc1Cl. The van der Waals surface area contributed by atoms with Gasteiger partial charge in [0.1, 0.15) is 0 Å². The van der Waals surface area contributed by atoms with Gasteiger partial charge in [0, 0.05) is 11.5 Å². The molecule has 0 unspecified atom stereocenters. The number of sulfone groups is 1. The Morgan fingerprint density at radius 1 is 1.33 bits per heavy atom. The Morgan fingerprint density at radius 3 is 2.47 bits per heavy atom. The fraction of sp³-hybridized carbons (Fsp3) is 0. The molecular formula is C9H7ClO4S. The number of hydrogen-bond donors (Lipinski definition) is 1.